The van der Waals surface area contributed by atoms with Crippen LogP contribution < -0.4 is 5.32 Å². The predicted molar refractivity (Wildman–Crippen MR) is 96.1 cm³/mol. The lowest BCUT2D eigenvalue weighted by atomic mass is 9.75. The van der Waals surface area contributed by atoms with E-state index in [1.807, 2.05) is 0 Å². The molecule has 122 valence electrons. The summed E-state index contributed by atoms with van der Waals surface area (Å²) in [4.78, 5) is 0. The van der Waals surface area contributed by atoms with Crippen LogP contribution in [0.3, 0.4) is 0 Å². The molecule has 3 heteroatoms. The molecular weight excluding hydrogens is 298 g/mol. The van der Waals surface area contributed by atoms with Gasteiger partial charge in [0.15, 0.2) is 0 Å². The summed E-state index contributed by atoms with van der Waals surface area (Å²) in [5.41, 5.74) is 0.278. The Balaban J connectivity index is 1.80. The van der Waals surface area contributed by atoms with E-state index in [0.29, 0.717) is 26.1 Å². The Hall–Kier alpha value is -1.94. The number of ether oxygens (including phenoxy) is 1. The summed E-state index contributed by atoms with van der Waals surface area (Å²) < 4.78 is 5.67. The fourth-order valence-corrected chi connectivity index (χ4v) is 4.64. The van der Waals surface area contributed by atoms with Crippen LogP contribution in [-0.4, -0.2) is 30.4 Å². The molecule has 0 saturated carbocycles. The van der Waals surface area contributed by atoms with Crippen molar-refractivity contribution in [1.29, 1.82) is 0 Å². The van der Waals surface area contributed by atoms with Crippen LogP contribution in [0.4, 0.5) is 0 Å². The second kappa shape index (κ2) is 5.28. The Labute approximate surface area is 141 Å². The fourth-order valence-electron chi connectivity index (χ4n) is 4.64. The van der Waals surface area contributed by atoms with E-state index in [9.17, 15) is 5.11 Å². The molecule has 0 aliphatic carbocycles. The molecule has 0 amide bonds. The minimum absolute atomic E-state index is 0.222. The van der Waals surface area contributed by atoms with Gasteiger partial charge >= 0.3 is 0 Å². The maximum atomic E-state index is 11.7. The van der Waals surface area contributed by atoms with Crippen LogP contribution in [-0.2, 0) is 10.3 Å². The monoisotopic (exact) mass is 319 g/mol. The van der Waals surface area contributed by atoms with Crippen LogP contribution in [0.5, 0.6) is 0 Å². The van der Waals surface area contributed by atoms with Gasteiger partial charge in [-0.1, -0.05) is 48.5 Å². The summed E-state index contributed by atoms with van der Waals surface area (Å²) in [5.74, 6) is 0. The number of morpholine rings is 1. The molecule has 5 rings (SSSR count). The molecule has 0 radical (unpaired) electrons. The quantitative estimate of drug-likeness (QED) is 0.676. The second-order valence-electron chi connectivity index (χ2n) is 7.23. The van der Waals surface area contributed by atoms with Crippen molar-refractivity contribution in [3.8, 4) is 0 Å². The first-order chi connectivity index (χ1) is 11.7. The first kappa shape index (κ1) is 14.4. The molecule has 2 N–H and O–H groups in total. The molecule has 2 aliphatic heterocycles. The minimum Gasteiger partial charge on any atom is -0.385 e. The van der Waals surface area contributed by atoms with E-state index in [1.165, 1.54) is 21.5 Å². The van der Waals surface area contributed by atoms with E-state index in [0.717, 1.165) is 5.56 Å². The lowest BCUT2D eigenvalue weighted by molar-refractivity contribution is -0.0787. The van der Waals surface area contributed by atoms with Gasteiger partial charge < -0.3 is 15.2 Å². The van der Waals surface area contributed by atoms with Gasteiger partial charge in [0, 0.05) is 12.1 Å². The third kappa shape index (κ3) is 2.16. The smallest absolute Gasteiger partial charge is 0.0939 e. The zero-order valence-corrected chi connectivity index (χ0v) is 13.5. The average molecular weight is 319 g/mol. The Morgan fingerprint density at radius 1 is 0.875 bits per heavy atom. The van der Waals surface area contributed by atoms with Gasteiger partial charge in [0.2, 0.25) is 0 Å². The molecule has 2 aliphatic rings. The van der Waals surface area contributed by atoms with E-state index in [1.54, 1.807) is 0 Å². The zero-order chi connectivity index (χ0) is 16.1. The lowest BCUT2D eigenvalue weighted by Crippen LogP contribution is -2.58. The molecule has 2 saturated heterocycles. The van der Waals surface area contributed by atoms with Crippen molar-refractivity contribution in [3.63, 3.8) is 0 Å². The van der Waals surface area contributed by atoms with E-state index in [4.69, 9.17) is 4.74 Å². The van der Waals surface area contributed by atoms with Crippen molar-refractivity contribution in [3.05, 3.63) is 60.2 Å². The van der Waals surface area contributed by atoms with E-state index in [2.05, 4.69) is 59.9 Å². The predicted octanol–water partition coefficient (Wildman–Crippen LogP) is 3.33. The topological polar surface area (TPSA) is 41.5 Å². The highest BCUT2D eigenvalue weighted by molar-refractivity contribution is 6.03. The molecule has 0 spiro atoms. The van der Waals surface area contributed by atoms with E-state index >= 15 is 0 Å². The Bertz CT molecular complexity index is 854. The Morgan fingerprint density at radius 2 is 1.42 bits per heavy atom. The second-order valence-corrected chi connectivity index (χ2v) is 7.23. The molecule has 3 aromatic carbocycles. The van der Waals surface area contributed by atoms with E-state index in [-0.39, 0.29) is 12.1 Å². The number of fused-ring (bicyclic) bond motifs is 4. The SMILES string of the molecule is OC1(c2c3ccccc3cc3ccccc23)CC2COCC(C1)N2. The summed E-state index contributed by atoms with van der Waals surface area (Å²) in [6, 6.07) is 19.5. The normalized spacial score (nSPS) is 29.9. The highest BCUT2D eigenvalue weighted by Crippen LogP contribution is 2.43. The fraction of sp³-hybridized carbons (Fsp3) is 0.333. The largest absolute Gasteiger partial charge is 0.385 e. The van der Waals surface area contributed by atoms with Gasteiger partial charge in [0.1, 0.15) is 0 Å². The van der Waals surface area contributed by atoms with Gasteiger partial charge in [-0.05, 0) is 46.0 Å². The third-order valence-corrected chi connectivity index (χ3v) is 5.51. The van der Waals surface area contributed by atoms with E-state index < -0.39 is 5.60 Å². The molecule has 2 unspecified atom stereocenters. The van der Waals surface area contributed by atoms with Crippen LogP contribution in [0.1, 0.15) is 18.4 Å². The first-order valence-corrected chi connectivity index (χ1v) is 8.70. The first-order valence-electron chi connectivity index (χ1n) is 8.70. The number of rotatable bonds is 1. The molecule has 0 aromatic heterocycles. The molecule has 2 heterocycles. The maximum absolute atomic E-state index is 11.7. The van der Waals surface area contributed by atoms with Crippen LogP contribution in [0.15, 0.2) is 54.6 Å². The standard InChI is InChI=1S/C21H21NO2/c23-21(10-16-12-24-13-17(11-21)22-16)20-18-7-3-1-5-14(18)9-15-6-2-4-8-19(15)20/h1-9,16-17,22-23H,10-13H2. The molecule has 2 atom stereocenters. The molecule has 3 nitrogen and oxygen atoms in total. The summed E-state index contributed by atoms with van der Waals surface area (Å²) >= 11 is 0. The number of benzene rings is 3. The van der Waals surface area contributed by atoms with Crippen LogP contribution >= 0.6 is 0 Å². The van der Waals surface area contributed by atoms with Gasteiger partial charge in [-0.25, -0.2) is 0 Å². The van der Waals surface area contributed by atoms with Crippen molar-refractivity contribution in [2.24, 2.45) is 0 Å². The number of aliphatic hydroxyl groups is 1. The molecule has 24 heavy (non-hydrogen) atoms. The van der Waals surface area contributed by atoms with Gasteiger partial charge in [-0.2, -0.15) is 0 Å². The summed E-state index contributed by atoms with van der Waals surface area (Å²) in [7, 11) is 0. The molecule has 2 fully saturated rings. The van der Waals surface area contributed by atoms with Gasteiger partial charge in [0.05, 0.1) is 18.8 Å². The summed E-state index contributed by atoms with van der Waals surface area (Å²) in [6.07, 6.45) is 1.39. The van der Waals surface area contributed by atoms with Crippen molar-refractivity contribution < 1.29 is 9.84 Å². The maximum Gasteiger partial charge on any atom is 0.0939 e. The van der Waals surface area contributed by atoms with Crippen molar-refractivity contribution in [1.82, 2.24) is 5.32 Å². The highest BCUT2D eigenvalue weighted by Gasteiger charge is 2.43. The van der Waals surface area contributed by atoms with Crippen molar-refractivity contribution in [2.75, 3.05) is 13.2 Å². The highest BCUT2D eigenvalue weighted by atomic mass is 16.5. The van der Waals surface area contributed by atoms with Crippen LogP contribution in [0.25, 0.3) is 21.5 Å². The number of hydrogen-bond donors (Lipinski definition) is 2. The number of piperidine rings is 1. The lowest BCUT2D eigenvalue weighted by Gasteiger charge is -2.45. The summed E-state index contributed by atoms with van der Waals surface area (Å²) in [5, 5.41) is 20.1. The minimum atomic E-state index is -0.815. The van der Waals surface area contributed by atoms with Gasteiger partial charge in [-0.15, -0.1) is 0 Å². The zero-order valence-electron chi connectivity index (χ0n) is 13.5. The molecular formula is C21H21NO2. The van der Waals surface area contributed by atoms with Crippen LogP contribution in [0.2, 0.25) is 0 Å². The van der Waals surface area contributed by atoms with Gasteiger partial charge in [-0.3, -0.25) is 0 Å². The Morgan fingerprint density at radius 3 is 2.00 bits per heavy atom. The Kier molecular flexibility index (Phi) is 3.17. The molecule has 2 bridgehead atoms. The van der Waals surface area contributed by atoms with Crippen molar-refractivity contribution in [2.45, 2.75) is 30.5 Å². The number of nitrogens with one attached hydrogen (secondary N) is 1. The van der Waals surface area contributed by atoms with Gasteiger partial charge in [0.25, 0.3) is 0 Å². The third-order valence-electron chi connectivity index (χ3n) is 5.51. The summed E-state index contributed by atoms with van der Waals surface area (Å²) in [6.45, 7) is 1.36. The average Bonchev–Trinajstić information content (AvgIpc) is 2.59. The van der Waals surface area contributed by atoms with Crippen molar-refractivity contribution >= 4 is 21.5 Å². The van der Waals surface area contributed by atoms with Crippen LogP contribution in [0, 0.1) is 0 Å². The number of hydrogen-bond acceptors (Lipinski definition) is 3. The molecule has 3 aromatic rings.